The van der Waals surface area contributed by atoms with Crippen molar-refractivity contribution in [2.24, 2.45) is 0 Å². The Kier molecular flexibility index (Phi) is 5.19. The number of fused-ring (bicyclic) bond motifs is 2. The van der Waals surface area contributed by atoms with Crippen molar-refractivity contribution in [3.8, 4) is 11.3 Å². The third-order valence-corrected chi connectivity index (χ3v) is 6.56. The van der Waals surface area contributed by atoms with Gasteiger partial charge in [-0.05, 0) is 42.1 Å². The van der Waals surface area contributed by atoms with E-state index in [1.165, 1.54) is 18.5 Å². The molecule has 1 aliphatic rings. The molecule has 0 bridgehead atoms. The third-order valence-electron chi connectivity index (χ3n) is 5.75. The molecule has 9 nitrogen and oxygen atoms in total. The molecule has 2 aromatic carbocycles. The molecule has 0 unspecified atom stereocenters. The zero-order valence-electron chi connectivity index (χ0n) is 18.5. The monoisotopic (exact) mass is 497 g/mol. The van der Waals surface area contributed by atoms with E-state index in [4.69, 9.17) is 10.7 Å². The molecule has 0 saturated carbocycles. The first-order valence-corrected chi connectivity index (χ1v) is 11.6. The molecule has 0 spiro atoms. The lowest BCUT2D eigenvalue weighted by Crippen LogP contribution is -2.17. The lowest BCUT2D eigenvalue weighted by atomic mass is 10.0. The lowest BCUT2D eigenvalue weighted by Gasteiger charge is -2.12. The van der Waals surface area contributed by atoms with Gasteiger partial charge in [0.1, 0.15) is 18.0 Å². The molecule has 0 aliphatic carbocycles. The number of nitrogens with one attached hydrogen (secondary N) is 1. The standard InChI is InChI=1S/C25H16FN7O2S/c26-16-7-3-2-6-15(16)21-14(9-13-5-1-4-8-17(13)30-21)11-33-23-20(22(27)28-12-29-23)18(32-33)10-19-24(34)31-25(35)36-19/h1-10,12H,11H2,(H2,27,28,29)(H,31,34,35). The van der Waals surface area contributed by atoms with Crippen LogP contribution in [-0.2, 0) is 11.3 Å². The van der Waals surface area contributed by atoms with Crippen molar-refractivity contribution >= 4 is 56.7 Å². The fraction of sp³-hybridized carbons (Fsp3) is 0.0400. The molecule has 5 aromatic rings. The number of hydrogen-bond donors (Lipinski definition) is 2. The number of carbonyl (C=O) groups is 2. The summed E-state index contributed by atoms with van der Waals surface area (Å²) < 4.78 is 16.4. The van der Waals surface area contributed by atoms with Crippen molar-refractivity contribution in [1.82, 2.24) is 30.0 Å². The van der Waals surface area contributed by atoms with Crippen LogP contribution >= 0.6 is 11.8 Å². The Labute approximate surface area is 207 Å². The number of pyridine rings is 1. The zero-order valence-corrected chi connectivity index (χ0v) is 19.3. The van der Waals surface area contributed by atoms with E-state index in [0.717, 1.165) is 22.7 Å². The van der Waals surface area contributed by atoms with Crippen molar-refractivity contribution in [3.05, 3.63) is 82.9 Å². The van der Waals surface area contributed by atoms with E-state index < -0.39 is 17.0 Å². The number of para-hydroxylation sites is 1. The van der Waals surface area contributed by atoms with Crippen LogP contribution in [0.3, 0.4) is 0 Å². The molecular weight excluding hydrogens is 481 g/mol. The number of nitrogens with two attached hydrogens (primary N) is 1. The predicted octanol–water partition coefficient (Wildman–Crippen LogP) is 4.14. The maximum Gasteiger partial charge on any atom is 0.290 e. The summed E-state index contributed by atoms with van der Waals surface area (Å²) in [5.74, 6) is -0.722. The van der Waals surface area contributed by atoms with Crippen LogP contribution in [-0.4, -0.2) is 35.9 Å². The molecule has 1 aliphatic heterocycles. The summed E-state index contributed by atoms with van der Waals surface area (Å²) in [6, 6.07) is 16.0. The van der Waals surface area contributed by atoms with E-state index in [9.17, 15) is 14.0 Å². The Balaban J connectivity index is 1.54. The van der Waals surface area contributed by atoms with Gasteiger partial charge in [0.15, 0.2) is 5.65 Å². The van der Waals surface area contributed by atoms with Crippen LogP contribution in [0.1, 0.15) is 11.3 Å². The Hall–Kier alpha value is -4.64. The van der Waals surface area contributed by atoms with Gasteiger partial charge < -0.3 is 5.73 Å². The van der Waals surface area contributed by atoms with Gasteiger partial charge >= 0.3 is 0 Å². The van der Waals surface area contributed by atoms with Crippen LogP contribution in [0.5, 0.6) is 0 Å². The van der Waals surface area contributed by atoms with Gasteiger partial charge in [0.2, 0.25) is 0 Å². The lowest BCUT2D eigenvalue weighted by molar-refractivity contribution is -0.115. The third kappa shape index (κ3) is 3.75. The van der Waals surface area contributed by atoms with E-state index >= 15 is 0 Å². The highest BCUT2D eigenvalue weighted by molar-refractivity contribution is 8.18. The number of carbonyl (C=O) groups excluding carboxylic acids is 2. The van der Waals surface area contributed by atoms with Crippen LogP contribution < -0.4 is 11.1 Å². The number of nitrogens with zero attached hydrogens (tertiary/aromatic N) is 5. The first-order chi connectivity index (χ1) is 17.5. The Bertz CT molecular complexity index is 1750. The quantitative estimate of drug-likeness (QED) is 0.355. The second kappa shape index (κ2) is 8.54. The minimum absolute atomic E-state index is 0.179. The molecule has 36 heavy (non-hydrogen) atoms. The normalized spacial score (nSPS) is 14.8. The number of benzene rings is 2. The summed E-state index contributed by atoms with van der Waals surface area (Å²) in [4.78, 5) is 37.1. The van der Waals surface area contributed by atoms with Crippen molar-refractivity contribution < 1.29 is 14.0 Å². The van der Waals surface area contributed by atoms with Crippen molar-refractivity contribution in [2.45, 2.75) is 6.54 Å². The second-order valence-corrected chi connectivity index (χ2v) is 9.04. The minimum atomic E-state index is -0.510. The van der Waals surface area contributed by atoms with Gasteiger partial charge in [0.25, 0.3) is 11.1 Å². The predicted molar refractivity (Wildman–Crippen MR) is 135 cm³/mol. The average Bonchev–Trinajstić information content (AvgIpc) is 3.38. The Morgan fingerprint density at radius 2 is 1.89 bits per heavy atom. The molecule has 0 atom stereocenters. The number of nitrogen functional groups attached to an aromatic ring is 1. The first-order valence-electron chi connectivity index (χ1n) is 10.8. The SMILES string of the molecule is Nc1ncnc2c1c(C=C1SC(=O)NC1=O)nn2Cc1cc2ccccc2nc1-c1ccccc1F. The van der Waals surface area contributed by atoms with Crippen molar-refractivity contribution in [2.75, 3.05) is 5.73 Å². The smallest absolute Gasteiger partial charge is 0.290 e. The largest absolute Gasteiger partial charge is 0.383 e. The van der Waals surface area contributed by atoms with Gasteiger partial charge in [-0.2, -0.15) is 5.10 Å². The highest BCUT2D eigenvalue weighted by atomic mass is 32.2. The van der Waals surface area contributed by atoms with E-state index in [1.807, 2.05) is 30.3 Å². The number of anilines is 1. The Morgan fingerprint density at radius 3 is 2.69 bits per heavy atom. The molecular formula is C25H16FN7O2S. The highest BCUT2D eigenvalue weighted by Crippen LogP contribution is 2.32. The Morgan fingerprint density at radius 1 is 1.08 bits per heavy atom. The molecule has 3 N–H and O–H groups in total. The van der Waals surface area contributed by atoms with Crippen LogP contribution in [0.4, 0.5) is 15.0 Å². The molecule has 1 saturated heterocycles. The van der Waals surface area contributed by atoms with Gasteiger partial charge in [0, 0.05) is 16.5 Å². The van der Waals surface area contributed by atoms with Crippen LogP contribution in [0.25, 0.3) is 39.3 Å². The number of hydrogen-bond acceptors (Lipinski definition) is 8. The van der Waals surface area contributed by atoms with E-state index in [-0.39, 0.29) is 17.3 Å². The molecule has 176 valence electrons. The minimum Gasteiger partial charge on any atom is -0.383 e. The maximum absolute atomic E-state index is 14.8. The number of amides is 2. The van der Waals surface area contributed by atoms with Gasteiger partial charge in [0.05, 0.1) is 33.7 Å². The maximum atomic E-state index is 14.8. The number of thioether (sulfide) groups is 1. The van der Waals surface area contributed by atoms with Crippen molar-refractivity contribution in [3.63, 3.8) is 0 Å². The number of imide groups is 1. The summed E-state index contributed by atoms with van der Waals surface area (Å²) in [6.07, 6.45) is 2.81. The van der Waals surface area contributed by atoms with Gasteiger partial charge in [-0.25, -0.2) is 24.0 Å². The highest BCUT2D eigenvalue weighted by Gasteiger charge is 2.27. The van der Waals surface area contributed by atoms with Crippen LogP contribution in [0.15, 0.2) is 65.8 Å². The summed E-state index contributed by atoms with van der Waals surface area (Å²) in [7, 11) is 0. The van der Waals surface area contributed by atoms with Crippen LogP contribution in [0.2, 0.25) is 0 Å². The van der Waals surface area contributed by atoms with E-state index in [0.29, 0.717) is 33.5 Å². The van der Waals surface area contributed by atoms with Crippen LogP contribution in [0, 0.1) is 5.82 Å². The van der Waals surface area contributed by atoms with E-state index in [1.54, 1.807) is 22.9 Å². The number of halogens is 1. The second-order valence-electron chi connectivity index (χ2n) is 8.02. The number of aromatic nitrogens is 5. The number of rotatable bonds is 4. The molecule has 4 heterocycles. The fourth-order valence-electron chi connectivity index (χ4n) is 4.14. The molecule has 3 aromatic heterocycles. The fourth-order valence-corrected chi connectivity index (χ4v) is 4.80. The summed E-state index contributed by atoms with van der Waals surface area (Å²) in [5, 5.41) is 7.73. The molecule has 6 rings (SSSR count). The summed E-state index contributed by atoms with van der Waals surface area (Å²) in [6.45, 7) is 0.190. The summed E-state index contributed by atoms with van der Waals surface area (Å²) in [5.41, 5.74) is 9.20. The molecule has 11 heteroatoms. The zero-order chi connectivity index (χ0) is 24.8. The van der Waals surface area contributed by atoms with Gasteiger partial charge in [-0.15, -0.1) is 0 Å². The van der Waals surface area contributed by atoms with E-state index in [2.05, 4.69) is 20.4 Å². The van der Waals surface area contributed by atoms with Crippen molar-refractivity contribution in [1.29, 1.82) is 0 Å². The molecule has 2 amide bonds. The van der Waals surface area contributed by atoms with Gasteiger partial charge in [-0.3, -0.25) is 14.9 Å². The summed E-state index contributed by atoms with van der Waals surface area (Å²) >= 11 is 0.778. The average molecular weight is 498 g/mol. The molecule has 1 fully saturated rings. The topological polar surface area (TPSA) is 129 Å². The van der Waals surface area contributed by atoms with Gasteiger partial charge in [-0.1, -0.05) is 30.3 Å². The molecule has 0 radical (unpaired) electrons. The first kappa shape index (κ1) is 21.9.